The summed E-state index contributed by atoms with van der Waals surface area (Å²) in [6, 6.07) is 15.1. The molecule has 0 aliphatic rings. The third kappa shape index (κ3) is 2.51. The summed E-state index contributed by atoms with van der Waals surface area (Å²) < 4.78 is 6.14. The summed E-state index contributed by atoms with van der Waals surface area (Å²) in [5, 5.41) is 10.4. The Bertz CT molecular complexity index is 511. The first-order valence-electron chi connectivity index (χ1n) is 5.29. The molecule has 2 rings (SSSR count). The minimum Gasteiger partial charge on any atom is -0.496 e. The molecule has 0 bridgehead atoms. The van der Waals surface area contributed by atoms with Gasteiger partial charge in [-0.25, -0.2) is 0 Å². The standard InChI is InChI=1S/C14H13BrO2/c1-17-13-9-5-3-7-11(13)14(16)10-6-2-4-8-12(10)15/h2-9,14,16H,1H3/t14-/m1/s1. The fourth-order valence-electron chi connectivity index (χ4n) is 1.76. The van der Waals surface area contributed by atoms with Crippen molar-refractivity contribution in [1.82, 2.24) is 0 Å². The van der Waals surface area contributed by atoms with Crippen LogP contribution < -0.4 is 4.74 Å². The van der Waals surface area contributed by atoms with Crippen LogP contribution in [0.1, 0.15) is 17.2 Å². The molecule has 0 spiro atoms. The Morgan fingerprint density at radius 3 is 2.24 bits per heavy atom. The molecule has 0 saturated heterocycles. The molecule has 1 N–H and O–H groups in total. The van der Waals surface area contributed by atoms with Crippen molar-refractivity contribution >= 4 is 15.9 Å². The maximum absolute atomic E-state index is 10.4. The van der Waals surface area contributed by atoms with E-state index in [1.54, 1.807) is 7.11 Å². The van der Waals surface area contributed by atoms with Crippen LogP contribution in [0.25, 0.3) is 0 Å². The fourth-order valence-corrected chi connectivity index (χ4v) is 2.26. The minimum atomic E-state index is -0.693. The average Bonchev–Trinajstić information content (AvgIpc) is 2.38. The summed E-state index contributed by atoms with van der Waals surface area (Å²) in [7, 11) is 1.60. The number of rotatable bonds is 3. The Hall–Kier alpha value is -1.32. The van der Waals surface area contributed by atoms with Crippen molar-refractivity contribution in [3.05, 3.63) is 64.1 Å². The maximum Gasteiger partial charge on any atom is 0.125 e. The first-order chi connectivity index (χ1) is 8.24. The van der Waals surface area contributed by atoms with Gasteiger partial charge in [0.1, 0.15) is 11.9 Å². The van der Waals surface area contributed by atoms with Crippen LogP contribution in [0.2, 0.25) is 0 Å². The van der Waals surface area contributed by atoms with Gasteiger partial charge in [0.25, 0.3) is 0 Å². The highest BCUT2D eigenvalue weighted by Crippen LogP contribution is 2.33. The zero-order chi connectivity index (χ0) is 12.3. The molecular formula is C14H13BrO2. The molecule has 2 aromatic carbocycles. The smallest absolute Gasteiger partial charge is 0.125 e. The van der Waals surface area contributed by atoms with Crippen molar-refractivity contribution in [3.63, 3.8) is 0 Å². The van der Waals surface area contributed by atoms with Crippen molar-refractivity contribution in [2.45, 2.75) is 6.10 Å². The lowest BCUT2D eigenvalue weighted by Gasteiger charge is -2.16. The Labute approximate surface area is 109 Å². The molecule has 0 aromatic heterocycles. The summed E-state index contributed by atoms with van der Waals surface area (Å²) in [5.41, 5.74) is 1.60. The predicted octanol–water partition coefficient (Wildman–Crippen LogP) is 3.54. The molecule has 0 radical (unpaired) electrons. The van der Waals surface area contributed by atoms with Crippen LogP contribution in [-0.4, -0.2) is 12.2 Å². The van der Waals surface area contributed by atoms with Crippen LogP contribution >= 0.6 is 15.9 Å². The minimum absolute atomic E-state index is 0.691. The first kappa shape index (κ1) is 12.1. The van der Waals surface area contributed by atoms with Crippen LogP contribution in [0.5, 0.6) is 5.75 Å². The quantitative estimate of drug-likeness (QED) is 0.938. The maximum atomic E-state index is 10.4. The summed E-state index contributed by atoms with van der Waals surface area (Å²) in [5.74, 6) is 0.691. The molecule has 0 amide bonds. The SMILES string of the molecule is COc1ccccc1[C@H](O)c1ccccc1Br. The summed E-state index contributed by atoms with van der Waals surface area (Å²) >= 11 is 3.44. The molecule has 0 heterocycles. The number of hydrogen-bond acceptors (Lipinski definition) is 2. The first-order valence-corrected chi connectivity index (χ1v) is 6.08. The van der Waals surface area contributed by atoms with E-state index in [1.165, 1.54) is 0 Å². The van der Waals surface area contributed by atoms with E-state index in [2.05, 4.69) is 15.9 Å². The van der Waals surface area contributed by atoms with Crippen LogP contribution in [0.15, 0.2) is 53.0 Å². The number of aliphatic hydroxyl groups excluding tert-OH is 1. The van der Waals surface area contributed by atoms with Crippen molar-refractivity contribution in [2.75, 3.05) is 7.11 Å². The van der Waals surface area contributed by atoms with E-state index >= 15 is 0 Å². The van der Waals surface area contributed by atoms with Gasteiger partial charge in [-0.3, -0.25) is 0 Å². The van der Waals surface area contributed by atoms with Gasteiger partial charge >= 0.3 is 0 Å². The van der Waals surface area contributed by atoms with Crippen molar-refractivity contribution in [3.8, 4) is 5.75 Å². The second-order valence-electron chi connectivity index (χ2n) is 3.67. The Morgan fingerprint density at radius 2 is 1.59 bits per heavy atom. The molecular weight excluding hydrogens is 280 g/mol. The number of halogens is 1. The van der Waals surface area contributed by atoms with Gasteiger partial charge in [0.05, 0.1) is 7.11 Å². The van der Waals surface area contributed by atoms with Gasteiger partial charge in [-0.2, -0.15) is 0 Å². The van der Waals surface area contributed by atoms with E-state index in [4.69, 9.17) is 4.74 Å². The van der Waals surface area contributed by atoms with Gasteiger partial charge in [0.15, 0.2) is 0 Å². The third-order valence-electron chi connectivity index (χ3n) is 2.63. The lowest BCUT2D eigenvalue weighted by molar-refractivity contribution is 0.214. The molecule has 0 saturated carbocycles. The van der Waals surface area contributed by atoms with E-state index in [9.17, 15) is 5.11 Å². The second kappa shape index (κ2) is 5.34. The number of para-hydroxylation sites is 1. The monoisotopic (exact) mass is 292 g/mol. The summed E-state index contributed by atoms with van der Waals surface area (Å²) in [6.45, 7) is 0. The summed E-state index contributed by atoms with van der Waals surface area (Å²) in [6.07, 6.45) is -0.693. The highest BCUT2D eigenvalue weighted by molar-refractivity contribution is 9.10. The van der Waals surface area contributed by atoms with E-state index in [0.29, 0.717) is 5.75 Å². The van der Waals surface area contributed by atoms with E-state index in [0.717, 1.165) is 15.6 Å². The normalized spacial score (nSPS) is 12.2. The van der Waals surface area contributed by atoms with E-state index in [1.807, 2.05) is 48.5 Å². The van der Waals surface area contributed by atoms with Crippen LogP contribution in [0, 0.1) is 0 Å². The number of hydrogen-bond donors (Lipinski definition) is 1. The van der Waals surface area contributed by atoms with Gasteiger partial charge in [0, 0.05) is 10.0 Å². The van der Waals surface area contributed by atoms with E-state index < -0.39 is 6.10 Å². The highest BCUT2D eigenvalue weighted by atomic mass is 79.9. The van der Waals surface area contributed by atoms with Crippen molar-refractivity contribution in [2.24, 2.45) is 0 Å². The molecule has 88 valence electrons. The molecule has 2 nitrogen and oxygen atoms in total. The van der Waals surface area contributed by atoms with E-state index in [-0.39, 0.29) is 0 Å². The molecule has 17 heavy (non-hydrogen) atoms. The largest absolute Gasteiger partial charge is 0.496 e. The van der Waals surface area contributed by atoms with Gasteiger partial charge in [0.2, 0.25) is 0 Å². The van der Waals surface area contributed by atoms with Crippen LogP contribution in [0.3, 0.4) is 0 Å². The number of methoxy groups -OCH3 is 1. The van der Waals surface area contributed by atoms with Gasteiger partial charge in [-0.05, 0) is 17.7 Å². The lowest BCUT2D eigenvalue weighted by atomic mass is 10.0. The second-order valence-corrected chi connectivity index (χ2v) is 4.52. The van der Waals surface area contributed by atoms with Crippen LogP contribution in [-0.2, 0) is 0 Å². The lowest BCUT2D eigenvalue weighted by Crippen LogP contribution is -2.02. The van der Waals surface area contributed by atoms with Crippen molar-refractivity contribution < 1.29 is 9.84 Å². The highest BCUT2D eigenvalue weighted by Gasteiger charge is 2.16. The number of benzene rings is 2. The van der Waals surface area contributed by atoms with Crippen molar-refractivity contribution in [1.29, 1.82) is 0 Å². The number of aliphatic hydroxyl groups is 1. The molecule has 1 atom stereocenters. The zero-order valence-corrected chi connectivity index (χ0v) is 11.0. The van der Waals surface area contributed by atoms with Gasteiger partial charge < -0.3 is 9.84 Å². The van der Waals surface area contributed by atoms with Gasteiger partial charge in [-0.1, -0.05) is 52.3 Å². The average molecular weight is 293 g/mol. The van der Waals surface area contributed by atoms with Crippen LogP contribution in [0.4, 0.5) is 0 Å². The zero-order valence-electron chi connectivity index (χ0n) is 9.43. The molecule has 0 aliphatic heterocycles. The Morgan fingerprint density at radius 1 is 1.00 bits per heavy atom. The predicted molar refractivity (Wildman–Crippen MR) is 71.2 cm³/mol. The Balaban J connectivity index is 2.44. The fraction of sp³-hybridized carbons (Fsp3) is 0.143. The third-order valence-corrected chi connectivity index (χ3v) is 3.36. The molecule has 3 heteroatoms. The molecule has 0 fully saturated rings. The number of ether oxygens (including phenoxy) is 1. The molecule has 0 unspecified atom stereocenters. The Kier molecular flexibility index (Phi) is 3.82. The molecule has 0 aliphatic carbocycles. The summed E-state index contributed by atoms with van der Waals surface area (Å²) in [4.78, 5) is 0. The molecule has 2 aromatic rings. The van der Waals surface area contributed by atoms with Gasteiger partial charge in [-0.15, -0.1) is 0 Å². The topological polar surface area (TPSA) is 29.5 Å².